The quantitative estimate of drug-likeness (QED) is 0.686. The van der Waals surface area contributed by atoms with Gasteiger partial charge < -0.3 is 19.9 Å². The van der Waals surface area contributed by atoms with E-state index < -0.39 is 0 Å². The molecule has 0 fully saturated rings. The second kappa shape index (κ2) is 8.78. The van der Waals surface area contributed by atoms with Crippen LogP contribution in [0.3, 0.4) is 0 Å². The molecule has 0 aliphatic carbocycles. The van der Waals surface area contributed by atoms with E-state index in [1.165, 1.54) is 0 Å². The Bertz CT molecular complexity index is 331. The molecule has 102 valence electrons. The second-order valence-corrected chi connectivity index (χ2v) is 4.03. The van der Waals surface area contributed by atoms with Crippen LogP contribution in [0.2, 0.25) is 0 Å². The van der Waals surface area contributed by atoms with Gasteiger partial charge in [-0.1, -0.05) is 6.07 Å². The Morgan fingerprint density at radius 3 is 2.56 bits per heavy atom. The molecule has 1 unspecified atom stereocenters. The van der Waals surface area contributed by atoms with Gasteiger partial charge in [0.1, 0.15) is 11.5 Å². The van der Waals surface area contributed by atoms with Gasteiger partial charge in [-0.2, -0.15) is 0 Å². The average molecular weight is 253 g/mol. The highest BCUT2D eigenvalue weighted by Crippen LogP contribution is 2.19. The van der Waals surface area contributed by atoms with Gasteiger partial charge in [0.05, 0.1) is 25.9 Å². The van der Waals surface area contributed by atoms with Crippen LogP contribution < -0.4 is 15.2 Å². The molecule has 0 radical (unpaired) electrons. The van der Waals surface area contributed by atoms with Gasteiger partial charge in [0.2, 0.25) is 0 Å². The van der Waals surface area contributed by atoms with Gasteiger partial charge in [-0.05, 0) is 26.0 Å². The molecule has 0 saturated carbocycles. The van der Waals surface area contributed by atoms with Gasteiger partial charge >= 0.3 is 0 Å². The number of hydrogen-bond donors (Lipinski definition) is 1. The van der Waals surface area contributed by atoms with Crippen molar-refractivity contribution in [3.63, 3.8) is 0 Å². The number of hydrogen-bond acceptors (Lipinski definition) is 4. The van der Waals surface area contributed by atoms with E-state index in [0.29, 0.717) is 26.4 Å². The van der Waals surface area contributed by atoms with Crippen LogP contribution in [-0.2, 0) is 4.74 Å². The maximum absolute atomic E-state index is 5.62. The molecular weight excluding hydrogens is 230 g/mol. The molecule has 0 aliphatic rings. The summed E-state index contributed by atoms with van der Waals surface area (Å²) in [7, 11) is 0. The van der Waals surface area contributed by atoms with Crippen LogP contribution in [-0.4, -0.2) is 32.5 Å². The van der Waals surface area contributed by atoms with Crippen LogP contribution in [0, 0.1) is 0 Å². The largest absolute Gasteiger partial charge is 0.494 e. The summed E-state index contributed by atoms with van der Waals surface area (Å²) in [5, 5.41) is 0. The molecule has 0 spiro atoms. The fourth-order valence-electron chi connectivity index (χ4n) is 1.42. The maximum atomic E-state index is 5.62. The number of nitrogens with two attached hydrogens (primary N) is 1. The summed E-state index contributed by atoms with van der Waals surface area (Å²) in [6.45, 7) is 6.44. The van der Waals surface area contributed by atoms with Gasteiger partial charge in [0.15, 0.2) is 0 Å². The maximum Gasteiger partial charge on any atom is 0.122 e. The number of ether oxygens (including phenoxy) is 3. The van der Waals surface area contributed by atoms with E-state index in [9.17, 15) is 0 Å². The minimum atomic E-state index is 0.117. The van der Waals surface area contributed by atoms with Crippen molar-refractivity contribution in [2.24, 2.45) is 5.73 Å². The molecule has 1 aromatic carbocycles. The predicted molar refractivity (Wildman–Crippen MR) is 72.2 cm³/mol. The highest BCUT2D eigenvalue weighted by atomic mass is 16.5. The highest BCUT2D eigenvalue weighted by Gasteiger charge is 1.99. The summed E-state index contributed by atoms with van der Waals surface area (Å²) in [6.07, 6.45) is 0.967. The van der Waals surface area contributed by atoms with E-state index in [1.54, 1.807) is 0 Å². The highest BCUT2D eigenvalue weighted by molar-refractivity contribution is 5.32. The van der Waals surface area contributed by atoms with E-state index >= 15 is 0 Å². The normalized spacial score (nSPS) is 12.2. The van der Waals surface area contributed by atoms with Crippen molar-refractivity contribution >= 4 is 0 Å². The van der Waals surface area contributed by atoms with Crippen LogP contribution in [0.5, 0.6) is 11.5 Å². The van der Waals surface area contributed by atoms with E-state index in [2.05, 4.69) is 0 Å². The lowest BCUT2D eigenvalue weighted by Gasteiger charge is -2.11. The predicted octanol–water partition coefficient (Wildman–Crippen LogP) is 2.22. The third kappa shape index (κ3) is 5.89. The molecule has 0 aliphatic heterocycles. The molecule has 18 heavy (non-hydrogen) atoms. The average Bonchev–Trinajstić information content (AvgIpc) is 2.39. The van der Waals surface area contributed by atoms with Crippen molar-refractivity contribution in [1.29, 1.82) is 0 Å². The van der Waals surface area contributed by atoms with Gasteiger partial charge in [-0.3, -0.25) is 0 Å². The van der Waals surface area contributed by atoms with Crippen LogP contribution in [0.1, 0.15) is 20.3 Å². The molecule has 0 aromatic heterocycles. The van der Waals surface area contributed by atoms with Crippen molar-refractivity contribution in [3.05, 3.63) is 24.3 Å². The van der Waals surface area contributed by atoms with Gasteiger partial charge in [-0.15, -0.1) is 0 Å². The number of benzene rings is 1. The minimum Gasteiger partial charge on any atom is -0.494 e. The zero-order chi connectivity index (χ0) is 13.2. The molecule has 0 bridgehead atoms. The Labute approximate surface area is 109 Å². The zero-order valence-electron chi connectivity index (χ0n) is 11.2. The van der Waals surface area contributed by atoms with E-state index in [-0.39, 0.29) is 6.10 Å². The van der Waals surface area contributed by atoms with E-state index in [4.69, 9.17) is 19.9 Å². The smallest absolute Gasteiger partial charge is 0.122 e. The molecular formula is C14H23NO3. The molecule has 1 aromatic rings. The summed E-state index contributed by atoms with van der Waals surface area (Å²) < 4.78 is 16.5. The lowest BCUT2D eigenvalue weighted by molar-refractivity contribution is 0.0631. The first-order chi connectivity index (χ1) is 8.76. The van der Waals surface area contributed by atoms with Gasteiger partial charge in [0.25, 0.3) is 0 Å². The van der Waals surface area contributed by atoms with Crippen molar-refractivity contribution in [2.45, 2.75) is 26.4 Å². The lowest BCUT2D eigenvalue weighted by Crippen LogP contribution is -2.21. The summed E-state index contributed by atoms with van der Waals surface area (Å²) in [5.74, 6) is 1.66. The molecule has 0 saturated heterocycles. The monoisotopic (exact) mass is 253 g/mol. The van der Waals surface area contributed by atoms with Gasteiger partial charge in [-0.25, -0.2) is 0 Å². The fourth-order valence-corrected chi connectivity index (χ4v) is 1.42. The van der Waals surface area contributed by atoms with E-state index in [0.717, 1.165) is 17.9 Å². The van der Waals surface area contributed by atoms with Crippen molar-refractivity contribution in [1.82, 2.24) is 0 Å². The zero-order valence-corrected chi connectivity index (χ0v) is 11.2. The van der Waals surface area contributed by atoms with Crippen molar-refractivity contribution < 1.29 is 14.2 Å². The molecule has 1 atom stereocenters. The van der Waals surface area contributed by atoms with Gasteiger partial charge in [0, 0.05) is 19.0 Å². The third-order valence-corrected chi connectivity index (χ3v) is 2.41. The summed E-state index contributed by atoms with van der Waals surface area (Å²) in [6, 6.07) is 7.66. The first kappa shape index (κ1) is 14.8. The summed E-state index contributed by atoms with van der Waals surface area (Å²) in [4.78, 5) is 0. The number of rotatable bonds is 9. The first-order valence-electron chi connectivity index (χ1n) is 6.43. The standard InChI is InChI=1S/C14H23NO3/c1-3-16-13-6-4-7-14(10-13)18-9-5-8-17-12(2)11-15/h4,6-7,10,12H,3,5,8-9,11,15H2,1-2H3. The lowest BCUT2D eigenvalue weighted by atomic mass is 10.3. The van der Waals surface area contributed by atoms with E-state index in [1.807, 2.05) is 38.1 Å². The molecule has 0 amide bonds. The van der Waals surface area contributed by atoms with Crippen molar-refractivity contribution in [3.8, 4) is 11.5 Å². The van der Waals surface area contributed by atoms with Crippen LogP contribution in [0.15, 0.2) is 24.3 Å². The second-order valence-electron chi connectivity index (χ2n) is 4.03. The molecule has 0 heterocycles. The topological polar surface area (TPSA) is 53.7 Å². The molecule has 1 rings (SSSR count). The summed E-state index contributed by atoms with van der Waals surface area (Å²) >= 11 is 0. The van der Waals surface area contributed by atoms with Crippen LogP contribution >= 0.6 is 0 Å². The Kier molecular flexibility index (Phi) is 7.22. The Hall–Kier alpha value is -1.26. The third-order valence-electron chi connectivity index (χ3n) is 2.41. The Morgan fingerprint density at radius 2 is 1.89 bits per heavy atom. The van der Waals surface area contributed by atoms with Crippen LogP contribution in [0.4, 0.5) is 0 Å². The minimum absolute atomic E-state index is 0.117. The Balaban J connectivity index is 2.20. The summed E-state index contributed by atoms with van der Waals surface area (Å²) in [5.41, 5.74) is 5.45. The molecule has 4 heteroatoms. The van der Waals surface area contributed by atoms with Crippen molar-refractivity contribution in [2.75, 3.05) is 26.4 Å². The fraction of sp³-hybridized carbons (Fsp3) is 0.571. The Morgan fingerprint density at radius 1 is 1.17 bits per heavy atom. The molecule has 2 N–H and O–H groups in total. The SMILES string of the molecule is CCOc1cccc(OCCCOC(C)CN)c1. The van der Waals surface area contributed by atoms with Crippen LogP contribution in [0.25, 0.3) is 0 Å². The molecule has 4 nitrogen and oxygen atoms in total. The first-order valence-corrected chi connectivity index (χ1v) is 6.43.